The van der Waals surface area contributed by atoms with Gasteiger partial charge >= 0.3 is 0 Å². The molecular weight excluding hydrogens is 346 g/mol. The zero-order valence-corrected chi connectivity index (χ0v) is 15.5. The molecule has 2 aromatic carbocycles. The number of halogens is 1. The Hall–Kier alpha value is -2.85. The molecule has 26 heavy (non-hydrogen) atoms. The van der Waals surface area contributed by atoms with Crippen LogP contribution in [0.25, 0.3) is 0 Å². The summed E-state index contributed by atoms with van der Waals surface area (Å²) in [6, 6.07) is 17.3. The predicted molar refractivity (Wildman–Crippen MR) is 107 cm³/mol. The number of pyridine rings is 1. The van der Waals surface area contributed by atoms with Gasteiger partial charge in [-0.15, -0.1) is 0 Å². The minimum atomic E-state index is -0.263. The molecule has 3 aromatic rings. The van der Waals surface area contributed by atoms with Crippen molar-refractivity contribution in [3.63, 3.8) is 0 Å². The molecule has 0 saturated carbocycles. The number of amides is 1. The zero-order chi connectivity index (χ0) is 18.5. The molecule has 0 atom stereocenters. The molecule has 4 nitrogen and oxygen atoms in total. The van der Waals surface area contributed by atoms with Crippen LogP contribution in [-0.4, -0.2) is 10.9 Å². The molecule has 0 aliphatic carbocycles. The Bertz CT molecular complexity index is 923. The van der Waals surface area contributed by atoms with Crippen molar-refractivity contribution in [3.8, 4) is 0 Å². The van der Waals surface area contributed by atoms with Gasteiger partial charge in [0.2, 0.25) is 0 Å². The van der Waals surface area contributed by atoms with Crippen LogP contribution >= 0.6 is 11.6 Å². The molecule has 0 aliphatic rings. The van der Waals surface area contributed by atoms with Crippen molar-refractivity contribution in [2.24, 2.45) is 0 Å². The van der Waals surface area contributed by atoms with Crippen molar-refractivity contribution in [2.45, 2.75) is 20.4 Å². The molecule has 0 unspecified atom stereocenters. The summed E-state index contributed by atoms with van der Waals surface area (Å²) in [5.74, 6) is -0.263. The van der Waals surface area contributed by atoms with Gasteiger partial charge in [-0.05, 0) is 49.2 Å². The summed E-state index contributed by atoms with van der Waals surface area (Å²) in [4.78, 5) is 16.6. The average Bonchev–Trinajstić information content (AvgIpc) is 2.64. The van der Waals surface area contributed by atoms with E-state index in [0.717, 1.165) is 11.3 Å². The molecule has 2 N–H and O–H groups in total. The highest BCUT2D eigenvalue weighted by molar-refractivity contribution is 6.31. The van der Waals surface area contributed by atoms with Gasteiger partial charge in [-0.1, -0.05) is 47.5 Å². The summed E-state index contributed by atoms with van der Waals surface area (Å²) in [5, 5.41) is 6.77. The van der Waals surface area contributed by atoms with Crippen LogP contribution in [-0.2, 0) is 6.54 Å². The summed E-state index contributed by atoms with van der Waals surface area (Å²) in [6.07, 6.45) is 1.66. The van der Waals surface area contributed by atoms with E-state index >= 15 is 0 Å². The van der Waals surface area contributed by atoms with E-state index < -0.39 is 0 Å². The van der Waals surface area contributed by atoms with Crippen molar-refractivity contribution >= 4 is 28.9 Å². The van der Waals surface area contributed by atoms with Gasteiger partial charge in [0.25, 0.3) is 5.91 Å². The third-order valence-electron chi connectivity index (χ3n) is 4.09. The smallest absolute Gasteiger partial charge is 0.274 e. The van der Waals surface area contributed by atoms with Crippen LogP contribution in [0.5, 0.6) is 0 Å². The topological polar surface area (TPSA) is 54.0 Å². The summed E-state index contributed by atoms with van der Waals surface area (Å²) in [6.45, 7) is 4.64. The molecule has 0 aliphatic heterocycles. The fraction of sp³-hybridized carbons (Fsp3) is 0.143. The molecule has 1 aromatic heterocycles. The Balaban J connectivity index is 1.63. The molecule has 132 valence electrons. The molecule has 1 heterocycles. The van der Waals surface area contributed by atoms with E-state index in [9.17, 15) is 4.79 Å². The number of hydrogen-bond donors (Lipinski definition) is 2. The van der Waals surface area contributed by atoms with Crippen molar-refractivity contribution in [3.05, 3.63) is 88.2 Å². The number of aryl methyl sites for hydroxylation is 1. The summed E-state index contributed by atoms with van der Waals surface area (Å²) >= 11 is 6.08. The highest BCUT2D eigenvalue weighted by atomic mass is 35.5. The minimum absolute atomic E-state index is 0.263. The molecule has 0 spiro atoms. The van der Waals surface area contributed by atoms with Gasteiger partial charge in [0.1, 0.15) is 5.69 Å². The number of rotatable bonds is 5. The summed E-state index contributed by atoms with van der Waals surface area (Å²) in [7, 11) is 0. The van der Waals surface area contributed by atoms with Gasteiger partial charge in [-0.2, -0.15) is 0 Å². The van der Waals surface area contributed by atoms with Crippen LogP contribution < -0.4 is 10.6 Å². The fourth-order valence-electron chi connectivity index (χ4n) is 2.59. The van der Waals surface area contributed by atoms with Gasteiger partial charge < -0.3 is 10.6 Å². The summed E-state index contributed by atoms with van der Waals surface area (Å²) < 4.78 is 0. The first-order valence-corrected chi connectivity index (χ1v) is 8.72. The molecule has 5 heteroatoms. The minimum Gasteiger partial charge on any atom is -0.380 e. The van der Waals surface area contributed by atoms with Crippen LogP contribution in [0.2, 0.25) is 5.02 Å². The number of aromatic nitrogens is 1. The first kappa shape index (κ1) is 18.0. The average molecular weight is 366 g/mol. The lowest BCUT2D eigenvalue weighted by Crippen LogP contribution is -2.14. The normalized spacial score (nSPS) is 10.4. The van der Waals surface area contributed by atoms with E-state index in [2.05, 4.69) is 40.7 Å². The molecule has 3 rings (SSSR count). The van der Waals surface area contributed by atoms with Crippen molar-refractivity contribution < 1.29 is 4.79 Å². The van der Waals surface area contributed by atoms with Gasteiger partial charge in [-0.3, -0.25) is 4.79 Å². The summed E-state index contributed by atoms with van der Waals surface area (Å²) in [5.41, 5.74) is 5.16. The third kappa shape index (κ3) is 4.41. The lowest BCUT2D eigenvalue weighted by atomic mass is 10.1. The van der Waals surface area contributed by atoms with Gasteiger partial charge in [0.15, 0.2) is 0 Å². The van der Waals surface area contributed by atoms with Crippen LogP contribution in [0.3, 0.4) is 0 Å². The number of nitrogens with zero attached hydrogens (tertiary/aromatic N) is 1. The van der Waals surface area contributed by atoms with Crippen molar-refractivity contribution in [1.29, 1.82) is 0 Å². The molecule has 0 bridgehead atoms. The monoisotopic (exact) mass is 365 g/mol. The number of hydrogen-bond acceptors (Lipinski definition) is 3. The second kappa shape index (κ2) is 8.02. The van der Waals surface area contributed by atoms with E-state index in [1.807, 2.05) is 25.1 Å². The Morgan fingerprint density at radius 1 is 1.08 bits per heavy atom. The van der Waals surface area contributed by atoms with Gasteiger partial charge in [0, 0.05) is 17.3 Å². The highest BCUT2D eigenvalue weighted by Crippen LogP contribution is 2.23. The Kier molecular flexibility index (Phi) is 5.54. The maximum absolute atomic E-state index is 12.4. The Morgan fingerprint density at radius 2 is 1.88 bits per heavy atom. The fourth-order valence-corrected chi connectivity index (χ4v) is 2.76. The highest BCUT2D eigenvalue weighted by Gasteiger charge is 2.10. The van der Waals surface area contributed by atoms with Gasteiger partial charge in [-0.25, -0.2) is 4.98 Å². The zero-order valence-electron chi connectivity index (χ0n) is 14.7. The van der Waals surface area contributed by atoms with E-state index in [1.54, 1.807) is 24.4 Å². The largest absolute Gasteiger partial charge is 0.380 e. The standard InChI is InChI=1S/C21H20ClN3O/c1-14-5-3-6-16(11-14)12-23-17-9-10-20(24-13-17)21(26)25-19-8-4-7-18(22)15(19)2/h3-11,13,23H,12H2,1-2H3,(H,25,26). The molecular formula is C21H20ClN3O. The van der Waals surface area contributed by atoms with Crippen molar-refractivity contribution in [1.82, 2.24) is 4.98 Å². The molecule has 0 radical (unpaired) electrons. The van der Waals surface area contributed by atoms with E-state index in [1.165, 1.54) is 11.1 Å². The molecule has 1 amide bonds. The van der Waals surface area contributed by atoms with Crippen LogP contribution in [0.4, 0.5) is 11.4 Å². The second-order valence-corrected chi connectivity index (χ2v) is 6.55. The number of nitrogens with one attached hydrogen (secondary N) is 2. The first-order valence-electron chi connectivity index (χ1n) is 8.35. The molecule has 0 saturated heterocycles. The van der Waals surface area contributed by atoms with E-state index in [4.69, 9.17) is 11.6 Å². The first-order chi connectivity index (χ1) is 12.5. The van der Waals surface area contributed by atoms with E-state index in [0.29, 0.717) is 22.9 Å². The number of carbonyl (C=O) groups is 1. The predicted octanol–water partition coefficient (Wildman–Crippen LogP) is 5.22. The maximum Gasteiger partial charge on any atom is 0.274 e. The molecule has 0 fully saturated rings. The quantitative estimate of drug-likeness (QED) is 0.652. The van der Waals surface area contributed by atoms with Gasteiger partial charge in [0.05, 0.1) is 11.9 Å². The Labute approximate surface area is 158 Å². The van der Waals surface area contributed by atoms with Crippen molar-refractivity contribution in [2.75, 3.05) is 10.6 Å². The SMILES string of the molecule is Cc1cccc(CNc2ccc(C(=O)Nc3cccc(Cl)c3C)nc2)c1. The maximum atomic E-state index is 12.4. The number of benzene rings is 2. The lowest BCUT2D eigenvalue weighted by molar-refractivity contribution is 0.102. The lowest BCUT2D eigenvalue weighted by Gasteiger charge is -2.10. The Morgan fingerprint density at radius 3 is 2.62 bits per heavy atom. The third-order valence-corrected chi connectivity index (χ3v) is 4.50. The van der Waals surface area contributed by atoms with Crippen LogP contribution in [0, 0.1) is 13.8 Å². The van der Waals surface area contributed by atoms with E-state index in [-0.39, 0.29) is 5.91 Å². The van der Waals surface area contributed by atoms with Crippen LogP contribution in [0.15, 0.2) is 60.8 Å². The number of carbonyl (C=O) groups excluding carboxylic acids is 1. The second-order valence-electron chi connectivity index (χ2n) is 6.14. The number of anilines is 2. The van der Waals surface area contributed by atoms with Crippen LogP contribution in [0.1, 0.15) is 27.2 Å².